The van der Waals surface area contributed by atoms with Gasteiger partial charge in [0.2, 0.25) is 0 Å². The summed E-state index contributed by atoms with van der Waals surface area (Å²) < 4.78 is 10.3. The van der Waals surface area contributed by atoms with Crippen molar-refractivity contribution in [3.8, 4) is 5.75 Å². The summed E-state index contributed by atoms with van der Waals surface area (Å²) in [4.78, 5) is 49.1. The summed E-state index contributed by atoms with van der Waals surface area (Å²) in [6.07, 6.45) is 0. The Morgan fingerprint density at radius 2 is 1.86 bits per heavy atom. The summed E-state index contributed by atoms with van der Waals surface area (Å²) in [6.45, 7) is 3.27. The number of rotatable bonds is 8. The molecule has 35 heavy (non-hydrogen) atoms. The zero-order valence-corrected chi connectivity index (χ0v) is 20.4. The van der Waals surface area contributed by atoms with Gasteiger partial charge < -0.3 is 20.1 Å². The molecule has 0 atom stereocenters. The van der Waals surface area contributed by atoms with E-state index in [4.69, 9.17) is 21.1 Å². The zero-order valence-electron chi connectivity index (χ0n) is 18.8. The van der Waals surface area contributed by atoms with Crippen molar-refractivity contribution in [3.63, 3.8) is 0 Å². The molecular weight excluding hydrogens is 498 g/mol. The molecule has 3 aromatic rings. The summed E-state index contributed by atoms with van der Waals surface area (Å²) in [5, 5.41) is 16.4. The number of nitro benzene ring substituents is 1. The van der Waals surface area contributed by atoms with Crippen LogP contribution in [0.1, 0.15) is 42.9 Å². The SMILES string of the molecule is CCOC(=O)c1c(NC(=O)c2ccc(Cl)c([N+](=O)[O-])c2)sc(C(=O)Nc2cccc(OC)c2)c1C. The highest BCUT2D eigenvalue weighted by Crippen LogP contribution is 2.35. The van der Waals surface area contributed by atoms with Crippen molar-refractivity contribution in [2.24, 2.45) is 0 Å². The molecule has 0 radical (unpaired) electrons. The molecule has 0 spiro atoms. The van der Waals surface area contributed by atoms with Crippen LogP contribution in [0.3, 0.4) is 0 Å². The van der Waals surface area contributed by atoms with Crippen molar-refractivity contribution in [1.29, 1.82) is 0 Å². The number of thiophene rings is 1. The summed E-state index contributed by atoms with van der Waals surface area (Å²) in [6, 6.07) is 10.3. The van der Waals surface area contributed by atoms with Crippen LogP contribution in [0.5, 0.6) is 5.75 Å². The van der Waals surface area contributed by atoms with E-state index in [0.717, 1.165) is 17.4 Å². The maximum absolute atomic E-state index is 13.0. The van der Waals surface area contributed by atoms with E-state index in [9.17, 15) is 24.5 Å². The lowest BCUT2D eigenvalue weighted by molar-refractivity contribution is -0.384. The maximum Gasteiger partial charge on any atom is 0.341 e. The van der Waals surface area contributed by atoms with Gasteiger partial charge in [0.15, 0.2) is 0 Å². The van der Waals surface area contributed by atoms with E-state index < -0.39 is 28.4 Å². The number of amides is 2. The molecule has 1 aromatic heterocycles. The van der Waals surface area contributed by atoms with Crippen molar-refractivity contribution in [3.05, 3.63) is 79.2 Å². The third kappa shape index (κ3) is 5.76. The molecule has 12 heteroatoms. The predicted molar refractivity (Wildman–Crippen MR) is 132 cm³/mol. The van der Waals surface area contributed by atoms with Crippen LogP contribution in [0, 0.1) is 17.0 Å². The Hall–Kier alpha value is -3.96. The molecule has 182 valence electrons. The van der Waals surface area contributed by atoms with Crippen molar-refractivity contribution >= 4 is 57.1 Å². The lowest BCUT2D eigenvalue weighted by atomic mass is 10.1. The van der Waals surface area contributed by atoms with Crippen molar-refractivity contribution in [2.45, 2.75) is 13.8 Å². The minimum absolute atomic E-state index is 0.0180. The van der Waals surface area contributed by atoms with Crippen molar-refractivity contribution in [2.75, 3.05) is 24.4 Å². The van der Waals surface area contributed by atoms with Gasteiger partial charge in [-0.3, -0.25) is 19.7 Å². The minimum atomic E-state index is -0.726. The van der Waals surface area contributed by atoms with Gasteiger partial charge in [0.1, 0.15) is 15.8 Å². The van der Waals surface area contributed by atoms with Crippen LogP contribution in [0.2, 0.25) is 5.02 Å². The highest BCUT2D eigenvalue weighted by molar-refractivity contribution is 7.19. The third-order valence-electron chi connectivity index (χ3n) is 4.79. The molecule has 0 bridgehead atoms. The molecule has 1 heterocycles. The zero-order chi connectivity index (χ0) is 25.7. The fourth-order valence-corrected chi connectivity index (χ4v) is 4.40. The van der Waals surface area contributed by atoms with Gasteiger partial charge in [-0.15, -0.1) is 11.3 Å². The first-order valence-corrected chi connectivity index (χ1v) is 11.4. The van der Waals surface area contributed by atoms with E-state index in [2.05, 4.69) is 10.6 Å². The Morgan fingerprint density at radius 1 is 1.11 bits per heavy atom. The molecule has 0 aliphatic rings. The Labute approximate surface area is 209 Å². The van der Waals surface area contributed by atoms with E-state index in [1.807, 2.05) is 0 Å². The number of nitrogens with one attached hydrogen (secondary N) is 2. The number of benzene rings is 2. The Kier molecular flexibility index (Phi) is 8.05. The molecule has 0 aliphatic heterocycles. The molecule has 10 nitrogen and oxygen atoms in total. The van der Waals surface area contributed by atoms with Crippen LogP contribution in [-0.2, 0) is 4.74 Å². The number of ether oxygens (including phenoxy) is 2. The van der Waals surface area contributed by atoms with Gasteiger partial charge in [0.25, 0.3) is 17.5 Å². The predicted octanol–water partition coefficient (Wildman–Crippen LogP) is 5.31. The maximum atomic E-state index is 13.0. The molecular formula is C23H20ClN3O7S. The Balaban J connectivity index is 1.96. The number of carbonyl (C=O) groups is 3. The molecule has 2 aromatic carbocycles. The molecule has 0 saturated carbocycles. The number of carbonyl (C=O) groups excluding carboxylic acids is 3. The second-order valence-corrected chi connectivity index (χ2v) is 8.47. The van der Waals surface area contributed by atoms with Gasteiger partial charge >= 0.3 is 5.97 Å². The molecule has 0 saturated heterocycles. The van der Waals surface area contributed by atoms with E-state index in [1.54, 1.807) is 38.1 Å². The Morgan fingerprint density at radius 3 is 2.51 bits per heavy atom. The van der Waals surface area contributed by atoms with E-state index in [-0.39, 0.29) is 32.6 Å². The van der Waals surface area contributed by atoms with Crippen molar-refractivity contribution in [1.82, 2.24) is 0 Å². The summed E-state index contributed by atoms with van der Waals surface area (Å²) in [7, 11) is 1.50. The van der Waals surface area contributed by atoms with Crippen LogP contribution in [-0.4, -0.2) is 36.4 Å². The second kappa shape index (κ2) is 11.0. The second-order valence-electron chi connectivity index (χ2n) is 7.04. The van der Waals surface area contributed by atoms with Crippen molar-refractivity contribution < 1.29 is 28.8 Å². The number of methoxy groups -OCH3 is 1. The monoisotopic (exact) mass is 517 g/mol. The molecule has 2 N–H and O–H groups in total. The van der Waals surface area contributed by atoms with Gasteiger partial charge in [0, 0.05) is 23.4 Å². The number of nitrogens with zero attached hydrogens (tertiary/aromatic N) is 1. The number of hydrogen-bond donors (Lipinski definition) is 2. The van der Waals surface area contributed by atoms with Gasteiger partial charge in [-0.1, -0.05) is 17.7 Å². The first-order valence-electron chi connectivity index (χ1n) is 10.2. The van der Waals surface area contributed by atoms with Gasteiger partial charge in [0.05, 0.1) is 29.1 Å². The number of nitro groups is 1. The minimum Gasteiger partial charge on any atom is -0.497 e. The lowest BCUT2D eigenvalue weighted by Crippen LogP contribution is -2.15. The average Bonchev–Trinajstić information content (AvgIpc) is 3.15. The topological polar surface area (TPSA) is 137 Å². The van der Waals surface area contributed by atoms with E-state index in [0.29, 0.717) is 17.0 Å². The lowest BCUT2D eigenvalue weighted by Gasteiger charge is -2.07. The summed E-state index contributed by atoms with van der Waals surface area (Å²) in [5.74, 6) is -1.41. The van der Waals surface area contributed by atoms with Crippen LogP contribution >= 0.6 is 22.9 Å². The first kappa shape index (κ1) is 25.7. The summed E-state index contributed by atoms with van der Waals surface area (Å²) in [5.41, 5.74) is 0.310. The van der Waals surface area contributed by atoms with Crippen LogP contribution in [0.15, 0.2) is 42.5 Å². The normalized spacial score (nSPS) is 10.4. The molecule has 2 amide bonds. The number of hydrogen-bond acceptors (Lipinski definition) is 8. The van der Waals surface area contributed by atoms with E-state index in [1.165, 1.54) is 19.2 Å². The van der Waals surface area contributed by atoms with Gasteiger partial charge in [-0.2, -0.15) is 0 Å². The fraction of sp³-hybridized carbons (Fsp3) is 0.174. The molecule has 0 fully saturated rings. The quantitative estimate of drug-likeness (QED) is 0.235. The first-order chi connectivity index (χ1) is 16.7. The average molecular weight is 518 g/mol. The molecule has 0 unspecified atom stereocenters. The van der Waals surface area contributed by atoms with E-state index >= 15 is 0 Å². The van der Waals surface area contributed by atoms with Crippen LogP contribution < -0.4 is 15.4 Å². The van der Waals surface area contributed by atoms with Gasteiger partial charge in [-0.05, 0) is 43.7 Å². The standard InChI is InChI=1S/C23H20ClN3O7S/c1-4-34-23(30)18-12(2)19(21(29)25-14-6-5-7-15(11-14)33-3)35-22(18)26-20(28)13-8-9-16(24)17(10-13)27(31)32/h5-11H,4H2,1-3H3,(H,25,29)(H,26,28). The molecule has 0 aliphatic carbocycles. The smallest absolute Gasteiger partial charge is 0.341 e. The largest absolute Gasteiger partial charge is 0.497 e. The van der Waals surface area contributed by atoms with Crippen LogP contribution in [0.4, 0.5) is 16.4 Å². The third-order valence-corrected chi connectivity index (χ3v) is 6.32. The highest BCUT2D eigenvalue weighted by Gasteiger charge is 2.27. The fourth-order valence-electron chi connectivity index (χ4n) is 3.12. The van der Waals surface area contributed by atoms with Crippen LogP contribution in [0.25, 0.3) is 0 Å². The Bertz CT molecular complexity index is 1320. The number of anilines is 2. The number of halogens is 1. The number of esters is 1. The highest BCUT2D eigenvalue weighted by atomic mass is 35.5. The molecule has 3 rings (SSSR count). The summed E-state index contributed by atoms with van der Waals surface area (Å²) >= 11 is 6.70. The van der Waals surface area contributed by atoms with Gasteiger partial charge in [-0.25, -0.2) is 4.79 Å².